The van der Waals surface area contributed by atoms with Crippen molar-refractivity contribution in [2.24, 2.45) is 0 Å². The largest absolute Gasteiger partial charge is 0.423 e. The molecule has 0 aliphatic rings. The van der Waals surface area contributed by atoms with Gasteiger partial charge in [0.1, 0.15) is 5.75 Å². The van der Waals surface area contributed by atoms with Crippen LogP contribution in [-0.2, 0) is 0 Å². The van der Waals surface area contributed by atoms with Crippen LogP contribution in [0.1, 0.15) is 36.5 Å². The zero-order chi connectivity index (χ0) is 18.9. The van der Waals surface area contributed by atoms with Gasteiger partial charge in [-0.05, 0) is 48.9 Å². The third-order valence-corrected chi connectivity index (χ3v) is 3.93. The molecule has 0 spiro atoms. The molecular weight excluding hydrogens is 375 g/mol. The molecular formula is C19H20Cl2N2O3. The summed E-state index contributed by atoms with van der Waals surface area (Å²) in [6.07, 6.45) is 3.12. The van der Waals surface area contributed by atoms with E-state index in [1.165, 1.54) is 12.1 Å². The molecule has 0 saturated heterocycles. The molecule has 0 atom stereocenters. The number of ether oxygens (including phenoxy) is 1. The van der Waals surface area contributed by atoms with Crippen molar-refractivity contribution in [3.8, 4) is 5.75 Å². The molecule has 0 unspecified atom stereocenters. The van der Waals surface area contributed by atoms with E-state index in [0.717, 1.165) is 19.3 Å². The van der Waals surface area contributed by atoms with Crippen LogP contribution in [-0.4, -0.2) is 18.5 Å². The summed E-state index contributed by atoms with van der Waals surface area (Å²) in [5.74, 6) is -0.278. The molecule has 138 valence electrons. The number of unbranched alkanes of at least 4 members (excludes halogenated alkanes) is 2. The molecule has 0 bridgehead atoms. The maximum Gasteiger partial charge on any atom is 0.343 e. The summed E-state index contributed by atoms with van der Waals surface area (Å²) in [5.41, 5.74) is 0.926. The molecule has 0 fully saturated rings. The molecule has 0 aliphatic heterocycles. The second-order valence-electron chi connectivity index (χ2n) is 5.66. The van der Waals surface area contributed by atoms with Gasteiger partial charge in [0.15, 0.2) is 0 Å². The lowest BCUT2D eigenvalue weighted by Crippen LogP contribution is -2.29. The van der Waals surface area contributed by atoms with Gasteiger partial charge in [-0.3, -0.25) is 0 Å². The Hall–Kier alpha value is -2.24. The number of esters is 1. The fraction of sp³-hybridized carbons (Fsp3) is 0.263. The summed E-state index contributed by atoms with van der Waals surface area (Å²) in [7, 11) is 0. The van der Waals surface area contributed by atoms with Crippen LogP contribution in [0.3, 0.4) is 0 Å². The van der Waals surface area contributed by atoms with Crippen molar-refractivity contribution in [2.75, 3.05) is 11.9 Å². The Labute approximate surface area is 162 Å². The monoisotopic (exact) mass is 394 g/mol. The highest BCUT2D eigenvalue weighted by atomic mass is 35.5. The van der Waals surface area contributed by atoms with E-state index in [1.807, 2.05) is 0 Å². The van der Waals surface area contributed by atoms with Crippen LogP contribution in [0.15, 0.2) is 42.5 Å². The van der Waals surface area contributed by atoms with Gasteiger partial charge in [-0.25, -0.2) is 9.59 Å². The number of carbonyl (C=O) groups excluding carboxylic acids is 2. The minimum absolute atomic E-state index is 0.265. The number of hydrogen-bond donors (Lipinski definition) is 2. The van der Waals surface area contributed by atoms with Crippen LogP contribution in [0.4, 0.5) is 10.5 Å². The van der Waals surface area contributed by atoms with E-state index in [0.29, 0.717) is 27.8 Å². The fourth-order valence-electron chi connectivity index (χ4n) is 2.20. The number of nitrogens with one attached hydrogen (secondary N) is 2. The highest BCUT2D eigenvalue weighted by molar-refractivity contribution is 6.34. The van der Waals surface area contributed by atoms with Gasteiger partial charge in [-0.1, -0.05) is 43.0 Å². The number of carbonyl (C=O) groups is 2. The molecule has 2 aromatic rings. The summed E-state index contributed by atoms with van der Waals surface area (Å²) in [6.45, 7) is 2.74. The Morgan fingerprint density at radius 1 is 1.00 bits per heavy atom. The normalized spacial score (nSPS) is 10.3. The topological polar surface area (TPSA) is 67.4 Å². The first-order valence-electron chi connectivity index (χ1n) is 8.31. The fourth-order valence-corrected chi connectivity index (χ4v) is 2.70. The second-order valence-corrected chi connectivity index (χ2v) is 6.53. The van der Waals surface area contributed by atoms with E-state index < -0.39 is 5.97 Å². The van der Waals surface area contributed by atoms with E-state index in [4.69, 9.17) is 27.9 Å². The summed E-state index contributed by atoms with van der Waals surface area (Å²) in [6, 6.07) is 10.7. The number of rotatable bonds is 7. The van der Waals surface area contributed by atoms with Crippen molar-refractivity contribution in [3.63, 3.8) is 0 Å². The van der Waals surface area contributed by atoms with E-state index in [2.05, 4.69) is 17.6 Å². The third-order valence-electron chi connectivity index (χ3n) is 3.49. The third kappa shape index (κ3) is 6.58. The number of hydrogen-bond acceptors (Lipinski definition) is 3. The Morgan fingerprint density at radius 3 is 2.27 bits per heavy atom. The number of urea groups is 1. The van der Waals surface area contributed by atoms with Gasteiger partial charge in [-0.15, -0.1) is 0 Å². The van der Waals surface area contributed by atoms with Gasteiger partial charge in [-0.2, -0.15) is 0 Å². The SMILES string of the molecule is CCCCCNC(=O)Nc1ccc(C(=O)Oc2cc(Cl)cc(Cl)c2)cc1. The zero-order valence-electron chi connectivity index (χ0n) is 14.4. The summed E-state index contributed by atoms with van der Waals surface area (Å²) >= 11 is 11.8. The van der Waals surface area contributed by atoms with Crippen molar-refractivity contribution in [1.82, 2.24) is 5.32 Å². The van der Waals surface area contributed by atoms with Crippen molar-refractivity contribution in [3.05, 3.63) is 58.1 Å². The molecule has 26 heavy (non-hydrogen) atoms. The Balaban J connectivity index is 1.89. The van der Waals surface area contributed by atoms with Gasteiger partial charge in [0.2, 0.25) is 0 Å². The first kappa shape index (κ1) is 20.1. The highest BCUT2D eigenvalue weighted by Crippen LogP contribution is 2.25. The zero-order valence-corrected chi connectivity index (χ0v) is 15.9. The van der Waals surface area contributed by atoms with Crippen molar-refractivity contribution < 1.29 is 14.3 Å². The maximum absolute atomic E-state index is 12.2. The molecule has 2 amide bonds. The minimum atomic E-state index is -0.543. The van der Waals surface area contributed by atoms with Crippen LogP contribution in [0.2, 0.25) is 10.0 Å². The second kappa shape index (κ2) is 10.0. The number of halogens is 2. The molecule has 7 heteroatoms. The summed E-state index contributed by atoms with van der Waals surface area (Å²) in [5, 5.41) is 6.25. The molecule has 5 nitrogen and oxygen atoms in total. The first-order valence-corrected chi connectivity index (χ1v) is 9.06. The van der Waals surface area contributed by atoms with E-state index in [9.17, 15) is 9.59 Å². The van der Waals surface area contributed by atoms with Crippen LogP contribution in [0.5, 0.6) is 5.75 Å². The molecule has 0 aromatic heterocycles. The Bertz CT molecular complexity index is 744. The standard InChI is InChI=1S/C19H20Cl2N2O3/c1-2-3-4-9-22-19(25)23-16-7-5-13(6-8-16)18(24)26-17-11-14(20)10-15(21)12-17/h5-8,10-12H,2-4,9H2,1H3,(H2,22,23,25). The van der Waals surface area contributed by atoms with Gasteiger partial charge < -0.3 is 15.4 Å². The van der Waals surface area contributed by atoms with Gasteiger partial charge in [0.25, 0.3) is 0 Å². The molecule has 0 radical (unpaired) electrons. The van der Waals surface area contributed by atoms with Crippen LogP contribution in [0, 0.1) is 0 Å². The number of anilines is 1. The maximum atomic E-state index is 12.2. The van der Waals surface area contributed by atoms with Gasteiger partial charge in [0, 0.05) is 22.3 Å². The van der Waals surface area contributed by atoms with Crippen molar-refractivity contribution >= 4 is 40.9 Å². The minimum Gasteiger partial charge on any atom is -0.423 e. The van der Waals surface area contributed by atoms with Crippen LogP contribution < -0.4 is 15.4 Å². The Morgan fingerprint density at radius 2 is 1.65 bits per heavy atom. The predicted molar refractivity (Wildman–Crippen MR) is 104 cm³/mol. The van der Waals surface area contributed by atoms with E-state index >= 15 is 0 Å². The average molecular weight is 395 g/mol. The molecule has 0 saturated carbocycles. The number of amides is 2. The molecule has 2 N–H and O–H groups in total. The first-order chi connectivity index (χ1) is 12.5. The predicted octanol–water partition coefficient (Wildman–Crippen LogP) is 5.52. The smallest absolute Gasteiger partial charge is 0.343 e. The van der Waals surface area contributed by atoms with Crippen molar-refractivity contribution in [1.29, 1.82) is 0 Å². The quantitative estimate of drug-likeness (QED) is 0.368. The summed E-state index contributed by atoms with van der Waals surface area (Å²) in [4.78, 5) is 23.9. The van der Waals surface area contributed by atoms with Gasteiger partial charge >= 0.3 is 12.0 Å². The molecule has 2 rings (SSSR count). The molecule has 0 aliphatic carbocycles. The van der Waals surface area contributed by atoms with E-state index in [1.54, 1.807) is 30.3 Å². The average Bonchev–Trinajstić information content (AvgIpc) is 2.58. The highest BCUT2D eigenvalue weighted by Gasteiger charge is 2.10. The van der Waals surface area contributed by atoms with Crippen LogP contribution >= 0.6 is 23.2 Å². The molecule has 0 heterocycles. The van der Waals surface area contributed by atoms with Gasteiger partial charge in [0.05, 0.1) is 5.56 Å². The Kier molecular flexibility index (Phi) is 7.75. The lowest BCUT2D eigenvalue weighted by molar-refractivity contribution is 0.0735. The summed E-state index contributed by atoms with van der Waals surface area (Å²) < 4.78 is 5.25. The van der Waals surface area contributed by atoms with Crippen molar-refractivity contribution in [2.45, 2.75) is 26.2 Å². The molecule has 2 aromatic carbocycles. The van der Waals surface area contributed by atoms with E-state index in [-0.39, 0.29) is 11.8 Å². The lowest BCUT2D eigenvalue weighted by Gasteiger charge is -2.08. The lowest BCUT2D eigenvalue weighted by atomic mass is 10.2. The van der Waals surface area contributed by atoms with Crippen LogP contribution in [0.25, 0.3) is 0 Å². The number of benzene rings is 2.